The van der Waals surface area contributed by atoms with E-state index in [0.29, 0.717) is 35.4 Å². The average molecular weight is 434 g/mol. The summed E-state index contributed by atoms with van der Waals surface area (Å²) in [5.41, 5.74) is 4.09. The first-order valence-corrected chi connectivity index (χ1v) is 10.4. The minimum Gasteiger partial charge on any atom is -0.452 e. The second kappa shape index (κ2) is 10.00. The van der Waals surface area contributed by atoms with Crippen molar-refractivity contribution in [2.45, 2.75) is 27.7 Å². The molecule has 8 nitrogen and oxygen atoms in total. The topological polar surface area (TPSA) is 101 Å². The van der Waals surface area contributed by atoms with Gasteiger partial charge in [0.1, 0.15) is 0 Å². The van der Waals surface area contributed by atoms with Gasteiger partial charge >= 0.3 is 5.97 Å². The molecule has 0 bridgehead atoms. The lowest BCUT2D eigenvalue weighted by Gasteiger charge is -2.19. The van der Waals surface area contributed by atoms with Crippen molar-refractivity contribution in [1.29, 1.82) is 0 Å². The fourth-order valence-electron chi connectivity index (χ4n) is 3.19. The SMILES string of the molecule is CCN(CC)C(=O)c1cccc(NC(=O)COC(=O)c2ccc3nc(C)c(C)nc3c2)c1. The van der Waals surface area contributed by atoms with E-state index in [1.165, 1.54) is 0 Å². The number of fused-ring (bicyclic) bond motifs is 1. The third-order valence-corrected chi connectivity index (χ3v) is 5.09. The van der Waals surface area contributed by atoms with Crippen LogP contribution in [-0.4, -0.2) is 52.3 Å². The largest absolute Gasteiger partial charge is 0.452 e. The van der Waals surface area contributed by atoms with Crippen molar-refractivity contribution in [3.05, 3.63) is 65.0 Å². The summed E-state index contributed by atoms with van der Waals surface area (Å²) >= 11 is 0. The maximum absolute atomic E-state index is 12.5. The van der Waals surface area contributed by atoms with Gasteiger partial charge in [-0.2, -0.15) is 0 Å². The molecule has 0 radical (unpaired) electrons. The van der Waals surface area contributed by atoms with Gasteiger partial charge in [0.15, 0.2) is 6.61 Å². The van der Waals surface area contributed by atoms with E-state index in [1.807, 2.05) is 27.7 Å². The van der Waals surface area contributed by atoms with E-state index in [4.69, 9.17) is 4.74 Å². The highest BCUT2D eigenvalue weighted by atomic mass is 16.5. The van der Waals surface area contributed by atoms with Gasteiger partial charge < -0.3 is 15.0 Å². The van der Waals surface area contributed by atoms with Crippen molar-refractivity contribution in [2.24, 2.45) is 0 Å². The van der Waals surface area contributed by atoms with Gasteiger partial charge in [-0.1, -0.05) is 6.07 Å². The lowest BCUT2D eigenvalue weighted by molar-refractivity contribution is -0.119. The van der Waals surface area contributed by atoms with Gasteiger partial charge in [0.05, 0.1) is 28.0 Å². The van der Waals surface area contributed by atoms with Crippen LogP contribution in [-0.2, 0) is 9.53 Å². The summed E-state index contributed by atoms with van der Waals surface area (Å²) in [5.74, 6) is -1.24. The Kier molecular flexibility index (Phi) is 7.14. The normalized spacial score (nSPS) is 10.6. The molecule has 0 aliphatic rings. The fraction of sp³-hybridized carbons (Fsp3) is 0.292. The van der Waals surface area contributed by atoms with E-state index in [2.05, 4.69) is 15.3 Å². The maximum atomic E-state index is 12.5. The number of esters is 1. The Morgan fingerprint density at radius 3 is 2.28 bits per heavy atom. The quantitative estimate of drug-likeness (QED) is 0.571. The number of nitrogens with one attached hydrogen (secondary N) is 1. The minimum atomic E-state index is -0.632. The summed E-state index contributed by atoms with van der Waals surface area (Å²) in [7, 11) is 0. The smallest absolute Gasteiger partial charge is 0.338 e. The number of hydrogen-bond donors (Lipinski definition) is 1. The van der Waals surface area contributed by atoms with Crippen LogP contribution in [0.25, 0.3) is 11.0 Å². The van der Waals surface area contributed by atoms with Crippen molar-refractivity contribution in [3.63, 3.8) is 0 Å². The molecule has 0 unspecified atom stereocenters. The summed E-state index contributed by atoms with van der Waals surface area (Å²) in [5, 5.41) is 2.65. The molecule has 1 heterocycles. The molecular weight excluding hydrogens is 408 g/mol. The Balaban J connectivity index is 1.62. The molecule has 0 aliphatic heterocycles. The van der Waals surface area contributed by atoms with Gasteiger partial charge in [-0.05, 0) is 64.1 Å². The molecule has 0 saturated heterocycles. The van der Waals surface area contributed by atoms with Crippen molar-refractivity contribution in [1.82, 2.24) is 14.9 Å². The van der Waals surface area contributed by atoms with E-state index < -0.39 is 18.5 Å². The van der Waals surface area contributed by atoms with Crippen molar-refractivity contribution >= 4 is 34.5 Å². The van der Waals surface area contributed by atoms with Gasteiger partial charge in [0.25, 0.3) is 11.8 Å². The van der Waals surface area contributed by atoms with E-state index in [-0.39, 0.29) is 11.5 Å². The number of benzene rings is 2. The number of nitrogens with zero attached hydrogens (tertiary/aromatic N) is 3. The molecule has 1 aromatic heterocycles. The van der Waals surface area contributed by atoms with Gasteiger partial charge in [0.2, 0.25) is 0 Å². The van der Waals surface area contributed by atoms with Crippen LogP contribution < -0.4 is 5.32 Å². The molecule has 1 N–H and O–H groups in total. The van der Waals surface area contributed by atoms with E-state index >= 15 is 0 Å². The number of carbonyl (C=O) groups is 3. The number of ether oxygens (including phenoxy) is 1. The number of anilines is 1. The Morgan fingerprint density at radius 2 is 1.59 bits per heavy atom. The van der Waals surface area contributed by atoms with Crippen LogP contribution in [0.2, 0.25) is 0 Å². The molecule has 2 amide bonds. The highest BCUT2D eigenvalue weighted by Crippen LogP contribution is 2.16. The van der Waals surface area contributed by atoms with Crippen molar-refractivity contribution in [3.8, 4) is 0 Å². The van der Waals surface area contributed by atoms with Gasteiger partial charge in [-0.25, -0.2) is 14.8 Å². The van der Waals surface area contributed by atoms with Crippen LogP contribution in [0.5, 0.6) is 0 Å². The summed E-state index contributed by atoms with van der Waals surface area (Å²) in [6.07, 6.45) is 0. The molecule has 0 atom stereocenters. The highest BCUT2D eigenvalue weighted by molar-refractivity contribution is 5.99. The van der Waals surface area contributed by atoms with Crippen molar-refractivity contribution in [2.75, 3.05) is 25.0 Å². The molecule has 8 heteroatoms. The predicted octanol–water partition coefficient (Wildman–Crippen LogP) is 3.52. The number of aromatic nitrogens is 2. The first-order valence-electron chi connectivity index (χ1n) is 10.4. The zero-order valence-electron chi connectivity index (χ0n) is 18.6. The molecule has 3 rings (SSSR count). The number of aryl methyl sites for hydroxylation is 2. The minimum absolute atomic E-state index is 0.109. The second-order valence-electron chi connectivity index (χ2n) is 7.28. The maximum Gasteiger partial charge on any atom is 0.338 e. The summed E-state index contributed by atoms with van der Waals surface area (Å²) < 4.78 is 5.14. The first-order chi connectivity index (χ1) is 15.3. The van der Waals surface area contributed by atoms with Crippen LogP contribution in [0.1, 0.15) is 46.0 Å². The molecular formula is C24H26N4O4. The van der Waals surface area contributed by atoms with E-state index in [9.17, 15) is 14.4 Å². The Morgan fingerprint density at radius 1 is 0.906 bits per heavy atom. The Hall–Kier alpha value is -3.81. The Bertz CT molecular complexity index is 1170. The van der Waals surface area contributed by atoms with Crippen LogP contribution in [0.15, 0.2) is 42.5 Å². The third-order valence-electron chi connectivity index (χ3n) is 5.09. The van der Waals surface area contributed by atoms with Gasteiger partial charge in [0, 0.05) is 24.3 Å². The molecule has 32 heavy (non-hydrogen) atoms. The van der Waals surface area contributed by atoms with Crippen LogP contribution >= 0.6 is 0 Å². The molecule has 0 fully saturated rings. The summed E-state index contributed by atoms with van der Waals surface area (Å²) in [4.78, 5) is 47.7. The number of rotatable bonds is 7. The number of carbonyl (C=O) groups excluding carboxylic acids is 3. The second-order valence-corrected chi connectivity index (χ2v) is 7.28. The van der Waals surface area contributed by atoms with Crippen LogP contribution in [0.3, 0.4) is 0 Å². The summed E-state index contributed by atoms with van der Waals surface area (Å²) in [6.45, 7) is 8.28. The predicted molar refractivity (Wildman–Crippen MR) is 122 cm³/mol. The number of hydrogen-bond acceptors (Lipinski definition) is 6. The van der Waals surface area contributed by atoms with Crippen LogP contribution in [0, 0.1) is 13.8 Å². The lowest BCUT2D eigenvalue weighted by atomic mass is 10.1. The van der Waals surface area contributed by atoms with Gasteiger partial charge in [-0.15, -0.1) is 0 Å². The first kappa shape index (κ1) is 22.9. The summed E-state index contributed by atoms with van der Waals surface area (Å²) in [6, 6.07) is 11.5. The fourth-order valence-corrected chi connectivity index (χ4v) is 3.19. The monoisotopic (exact) mass is 434 g/mol. The van der Waals surface area contributed by atoms with Gasteiger partial charge in [-0.3, -0.25) is 9.59 Å². The molecule has 3 aromatic rings. The van der Waals surface area contributed by atoms with E-state index in [1.54, 1.807) is 47.4 Å². The average Bonchev–Trinajstić information content (AvgIpc) is 2.79. The molecule has 0 spiro atoms. The Labute approximate surface area is 186 Å². The highest BCUT2D eigenvalue weighted by Gasteiger charge is 2.15. The molecule has 2 aromatic carbocycles. The van der Waals surface area contributed by atoms with Crippen molar-refractivity contribution < 1.29 is 19.1 Å². The zero-order valence-corrected chi connectivity index (χ0v) is 18.6. The van der Waals surface area contributed by atoms with E-state index in [0.717, 1.165) is 11.4 Å². The lowest BCUT2D eigenvalue weighted by Crippen LogP contribution is -2.30. The number of amides is 2. The molecule has 166 valence electrons. The standard InChI is InChI=1S/C24H26N4O4/c1-5-28(6-2)23(30)17-8-7-9-19(12-17)27-22(29)14-32-24(31)18-10-11-20-21(13-18)26-16(4)15(3)25-20/h7-13H,5-6,14H2,1-4H3,(H,27,29). The molecule has 0 saturated carbocycles. The third kappa shape index (κ3) is 5.26. The molecule has 0 aliphatic carbocycles. The van der Waals surface area contributed by atoms with Crippen LogP contribution in [0.4, 0.5) is 5.69 Å². The zero-order chi connectivity index (χ0) is 23.3.